The Morgan fingerprint density at radius 2 is 1.36 bits per heavy atom. The molecule has 0 radical (unpaired) electrons. The first-order valence-corrected chi connectivity index (χ1v) is 12.2. The zero-order chi connectivity index (χ0) is 21.2. The molecular weight excluding hydrogens is 432 g/mol. The minimum Gasteiger partial charge on any atom is -0.367 e. The van der Waals surface area contributed by atoms with Gasteiger partial charge in [0.25, 0.3) is 20.2 Å². The van der Waals surface area contributed by atoms with Crippen LogP contribution in [0.25, 0.3) is 0 Å². The highest BCUT2D eigenvalue weighted by Gasteiger charge is 2.34. The van der Waals surface area contributed by atoms with Crippen LogP contribution in [0.15, 0.2) is 59.5 Å². The second kappa shape index (κ2) is 8.14. The van der Waals surface area contributed by atoms with E-state index in [0.29, 0.717) is 0 Å². The van der Waals surface area contributed by atoms with E-state index in [4.69, 9.17) is 5.14 Å². The maximum Gasteiger partial charge on any atom is 0.286 e. The fourth-order valence-electron chi connectivity index (χ4n) is 2.47. The lowest BCUT2D eigenvalue weighted by atomic mass is 10.1. The van der Waals surface area contributed by atoms with Gasteiger partial charge in [0.2, 0.25) is 10.0 Å². The van der Waals surface area contributed by atoms with Crippen LogP contribution in [-0.2, 0) is 30.3 Å². The number of primary sulfonamides is 1. The van der Waals surface area contributed by atoms with Gasteiger partial charge < -0.3 is 5.32 Å². The molecule has 2 atom stereocenters. The van der Waals surface area contributed by atoms with Crippen LogP contribution in [-0.4, -0.2) is 39.7 Å². The molecule has 13 heteroatoms. The first-order valence-electron chi connectivity index (χ1n) is 7.65. The van der Waals surface area contributed by atoms with Crippen LogP contribution in [0, 0.1) is 0 Å². The first kappa shape index (κ1) is 22.3. The summed E-state index contributed by atoms with van der Waals surface area (Å²) >= 11 is 0. The average Bonchev–Trinajstić information content (AvgIpc) is 2.57. The topological polar surface area (TPSA) is 181 Å². The van der Waals surface area contributed by atoms with Crippen LogP contribution in [0.1, 0.15) is 17.2 Å². The second-order valence-electron chi connectivity index (χ2n) is 5.87. The molecule has 2 aromatic rings. The highest BCUT2D eigenvalue weighted by Crippen LogP contribution is 2.29. The molecule has 0 aliphatic carbocycles. The summed E-state index contributed by atoms with van der Waals surface area (Å²) in [5.41, 5.74) is 0.210. The minimum atomic E-state index is -4.79. The Hall–Kier alpha value is -2.03. The van der Waals surface area contributed by atoms with Crippen molar-refractivity contribution < 1.29 is 34.4 Å². The van der Waals surface area contributed by atoms with E-state index in [1.165, 1.54) is 36.4 Å². The van der Waals surface area contributed by atoms with Gasteiger partial charge in [-0.1, -0.05) is 30.3 Å². The first-order chi connectivity index (χ1) is 12.8. The van der Waals surface area contributed by atoms with Crippen molar-refractivity contribution in [2.24, 2.45) is 5.14 Å². The lowest BCUT2D eigenvalue weighted by Crippen LogP contribution is -2.32. The van der Waals surface area contributed by atoms with Gasteiger partial charge in [-0.25, -0.2) is 13.6 Å². The summed E-state index contributed by atoms with van der Waals surface area (Å²) in [4.78, 5) is -0.221. The van der Waals surface area contributed by atoms with E-state index in [-0.39, 0.29) is 16.1 Å². The van der Waals surface area contributed by atoms with Crippen molar-refractivity contribution in [3.05, 3.63) is 60.2 Å². The molecule has 2 aromatic carbocycles. The van der Waals surface area contributed by atoms with Crippen molar-refractivity contribution in [3.8, 4) is 0 Å². The van der Waals surface area contributed by atoms with Crippen LogP contribution >= 0.6 is 0 Å². The number of nitrogens with one attached hydrogen (secondary N) is 1. The van der Waals surface area contributed by atoms with Crippen LogP contribution in [0.2, 0.25) is 0 Å². The summed E-state index contributed by atoms with van der Waals surface area (Å²) in [6.07, 6.45) is -0.710. The van der Waals surface area contributed by atoms with Crippen LogP contribution in [0.4, 0.5) is 5.69 Å². The zero-order valence-electron chi connectivity index (χ0n) is 14.2. The summed E-state index contributed by atoms with van der Waals surface area (Å²) in [5, 5.41) is 3.96. The molecule has 0 saturated heterocycles. The highest BCUT2D eigenvalue weighted by molar-refractivity contribution is 7.89. The molecule has 0 saturated carbocycles. The third kappa shape index (κ3) is 5.98. The molecule has 0 aliphatic heterocycles. The largest absolute Gasteiger partial charge is 0.367 e. The molecule has 154 valence electrons. The molecule has 5 N–H and O–H groups in total. The van der Waals surface area contributed by atoms with E-state index < -0.39 is 47.3 Å². The predicted molar refractivity (Wildman–Crippen MR) is 102 cm³/mol. The lowest BCUT2D eigenvalue weighted by Gasteiger charge is -2.22. The maximum absolute atomic E-state index is 11.8. The quantitative estimate of drug-likeness (QED) is 0.426. The zero-order valence-corrected chi connectivity index (χ0v) is 16.7. The predicted octanol–water partition coefficient (Wildman–Crippen LogP) is 0.979. The fraction of sp³-hybridized carbons (Fsp3) is 0.200. The fourth-order valence-corrected chi connectivity index (χ4v) is 4.77. The molecule has 0 heterocycles. The van der Waals surface area contributed by atoms with Crippen LogP contribution in [0.3, 0.4) is 0 Å². The molecule has 28 heavy (non-hydrogen) atoms. The van der Waals surface area contributed by atoms with Gasteiger partial charge in [-0.3, -0.25) is 9.11 Å². The Labute approximate surface area is 162 Å². The van der Waals surface area contributed by atoms with E-state index in [1.807, 2.05) is 0 Å². The highest BCUT2D eigenvalue weighted by atomic mass is 32.2. The minimum absolute atomic E-state index is 0.0807. The smallest absolute Gasteiger partial charge is 0.286 e. The number of rotatable bonds is 8. The van der Waals surface area contributed by atoms with E-state index in [1.54, 1.807) is 6.07 Å². The molecule has 10 nitrogen and oxygen atoms in total. The summed E-state index contributed by atoms with van der Waals surface area (Å²) in [5.74, 6) is 0. The number of anilines is 1. The van der Waals surface area contributed by atoms with Gasteiger partial charge in [0.1, 0.15) is 5.25 Å². The average molecular weight is 451 g/mol. The number of benzene rings is 2. The van der Waals surface area contributed by atoms with Gasteiger partial charge in [0.15, 0.2) is 5.37 Å². The van der Waals surface area contributed by atoms with Gasteiger partial charge in [-0.2, -0.15) is 16.8 Å². The molecule has 0 spiro atoms. The number of sulfonamides is 1. The monoisotopic (exact) mass is 450 g/mol. The summed E-state index contributed by atoms with van der Waals surface area (Å²) < 4.78 is 88.6. The van der Waals surface area contributed by atoms with Crippen molar-refractivity contribution in [3.63, 3.8) is 0 Å². The second-order valence-corrected chi connectivity index (χ2v) is 10.6. The molecule has 0 aliphatic rings. The van der Waals surface area contributed by atoms with Crippen LogP contribution in [0.5, 0.6) is 0 Å². The lowest BCUT2D eigenvalue weighted by molar-refractivity contribution is 0.451. The Kier molecular flexibility index (Phi) is 6.48. The summed E-state index contributed by atoms with van der Waals surface area (Å²) in [7, 11) is -13.5. The summed E-state index contributed by atoms with van der Waals surface area (Å²) in [6.45, 7) is 0. The molecule has 0 bridgehead atoms. The van der Waals surface area contributed by atoms with E-state index >= 15 is 0 Å². The Balaban J connectivity index is 2.36. The number of nitrogens with two attached hydrogens (primary N) is 1. The van der Waals surface area contributed by atoms with Gasteiger partial charge in [-0.05, 0) is 29.8 Å². The van der Waals surface area contributed by atoms with Crippen molar-refractivity contribution in [2.75, 3.05) is 5.32 Å². The molecule has 2 unspecified atom stereocenters. The third-order valence-corrected chi connectivity index (χ3v) is 6.97. The van der Waals surface area contributed by atoms with Crippen molar-refractivity contribution >= 4 is 35.9 Å². The Morgan fingerprint density at radius 3 is 1.79 bits per heavy atom. The molecule has 0 amide bonds. The number of hydrogen-bond acceptors (Lipinski definition) is 7. The van der Waals surface area contributed by atoms with E-state index in [9.17, 15) is 34.4 Å². The maximum atomic E-state index is 11.8. The van der Waals surface area contributed by atoms with Gasteiger partial charge >= 0.3 is 0 Å². The van der Waals surface area contributed by atoms with Crippen molar-refractivity contribution in [1.29, 1.82) is 0 Å². The summed E-state index contributed by atoms with van der Waals surface area (Å²) in [6, 6.07) is 12.0. The van der Waals surface area contributed by atoms with Crippen LogP contribution < -0.4 is 10.5 Å². The standard InChI is InChI=1S/C15H18N2O8S3/c16-26(18,19)13-8-6-12(7-9-13)17-15(28(23,24)25)10-14(27(20,21)22)11-4-2-1-3-5-11/h1-9,14-15,17H,10H2,(H2,16,18,19)(H,20,21,22)(H,23,24,25). The van der Waals surface area contributed by atoms with Crippen molar-refractivity contribution in [2.45, 2.75) is 21.9 Å². The van der Waals surface area contributed by atoms with Gasteiger partial charge in [0, 0.05) is 12.1 Å². The third-order valence-electron chi connectivity index (χ3n) is 3.83. The van der Waals surface area contributed by atoms with E-state index in [0.717, 1.165) is 12.1 Å². The number of hydrogen-bond donors (Lipinski definition) is 4. The van der Waals surface area contributed by atoms with Gasteiger partial charge in [0.05, 0.1) is 4.90 Å². The van der Waals surface area contributed by atoms with Crippen molar-refractivity contribution in [1.82, 2.24) is 0 Å². The van der Waals surface area contributed by atoms with E-state index in [2.05, 4.69) is 5.32 Å². The molecule has 0 aromatic heterocycles. The Bertz CT molecular complexity index is 1130. The molecule has 0 fully saturated rings. The Morgan fingerprint density at radius 1 is 0.821 bits per heavy atom. The molecule has 2 rings (SSSR count). The molecular formula is C15H18N2O8S3. The normalized spacial score (nSPS) is 15.0. The van der Waals surface area contributed by atoms with Gasteiger partial charge in [-0.15, -0.1) is 0 Å². The SMILES string of the molecule is NS(=O)(=O)c1ccc(NC(CC(c2ccccc2)S(=O)(=O)O)S(=O)(=O)O)cc1.